The summed E-state index contributed by atoms with van der Waals surface area (Å²) >= 11 is 0. The molecule has 4 atom stereocenters. The predicted octanol–water partition coefficient (Wildman–Crippen LogP) is 2.51. The quantitative estimate of drug-likeness (QED) is 0.840. The van der Waals surface area contributed by atoms with Crippen LogP contribution in [-0.4, -0.2) is 30.0 Å². The van der Waals surface area contributed by atoms with E-state index in [4.69, 9.17) is 10.5 Å². The Hall–Kier alpha value is -0.900. The van der Waals surface area contributed by atoms with Gasteiger partial charge in [-0.1, -0.05) is 50.1 Å². The molecule has 1 fully saturated rings. The van der Waals surface area contributed by atoms with Crippen LogP contribution in [0.5, 0.6) is 0 Å². The molecule has 1 aromatic carbocycles. The van der Waals surface area contributed by atoms with Crippen LogP contribution in [0.1, 0.15) is 38.2 Å². The fraction of sp³-hybridized carbons (Fsp3) is 0.647. The molecule has 1 saturated carbocycles. The second-order valence-corrected chi connectivity index (χ2v) is 6.15. The number of rotatable bonds is 6. The fourth-order valence-corrected chi connectivity index (χ4v) is 2.91. The van der Waals surface area contributed by atoms with Crippen LogP contribution in [0.2, 0.25) is 0 Å². The van der Waals surface area contributed by atoms with Crippen molar-refractivity contribution in [1.82, 2.24) is 0 Å². The van der Waals surface area contributed by atoms with Crippen molar-refractivity contribution in [2.75, 3.05) is 6.61 Å². The third kappa shape index (κ3) is 4.89. The van der Waals surface area contributed by atoms with Crippen molar-refractivity contribution in [3.63, 3.8) is 0 Å². The Morgan fingerprint density at radius 1 is 1.30 bits per heavy atom. The molecular weight excluding hydrogens is 250 g/mol. The van der Waals surface area contributed by atoms with Gasteiger partial charge in [-0.15, -0.1) is 0 Å². The van der Waals surface area contributed by atoms with Gasteiger partial charge < -0.3 is 15.6 Å². The van der Waals surface area contributed by atoms with Gasteiger partial charge >= 0.3 is 0 Å². The first kappa shape index (κ1) is 15.5. The minimum atomic E-state index is -0.590. The van der Waals surface area contributed by atoms with Crippen LogP contribution < -0.4 is 5.73 Å². The van der Waals surface area contributed by atoms with E-state index in [1.54, 1.807) is 0 Å². The van der Waals surface area contributed by atoms with E-state index in [0.717, 1.165) is 24.3 Å². The minimum Gasteiger partial charge on any atom is -0.389 e. The standard InChI is InChI=1S/C17H27NO2/c1-13-6-5-9-15(10-13)20-12-17(19)16(18)11-14-7-3-2-4-8-14/h2-4,7-8,13,15-17,19H,5-6,9-12,18H2,1H3. The van der Waals surface area contributed by atoms with Gasteiger partial charge in [-0.25, -0.2) is 0 Å². The van der Waals surface area contributed by atoms with E-state index in [1.165, 1.54) is 12.8 Å². The van der Waals surface area contributed by atoms with Gasteiger partial charge in [0.1, 0.15) is 0 Å². The van der Waals surface area contributed by atoms with Crippen molar-refractivity contribution in [3.05, 3.63) is 35.9 Å². The molecule has 112 valence electrons. The molecule has 0 heterocycles. The van der Waals surface area contributed by atoms with Crippen LogP contribution in [0.25, 0.3) is 0 Å². The Morgan fingerprint density at radius 3 is 2.75 bits per heavy atom. The van der Waals surface area contributed by atoms with E-state index in [1.807, 2.05) is 30.3 Å². The van der Waals surface area contributed by atoms with Gasteiger partial charge in [0.25, 0.3) is 0 Å². The summed E-state index contributed by atoms with van der Waals surface area (Å²) in [5.74, 6) is 0.740. The van der Waals surface area contributed by atoms with E-state index in [2.05, 4.69) is 6.92 Å². The van der Waals surface area contributed by atoms with Gasteiger partial charge in [-0.05, 0) is 30.7 Å². The Labute approximate surface area is 122 Å². The van der Waals surface area contributed by atoms with Crippen LogP contribution in [0.4, 0.5) is 0 Å². The van der Waals surface area contributed by atoms with Gasteiger partial charge in [0.2, 0.25) is 0 Å². The van der Waals surface area contributed by atoms with Crippen LogP contribution in [0.15, 0.2) is 30.3 Å². The third-order valence-electron chi connectivity index (χ3n) is 4.20. The topological polar surface area (TPSA) is 55.5 Å². The summed E-state index contributed by atoms with van der Waals surface area (Å²) in [4.78, 5) is 0. The Kier molecular flexibility index (Phi) is 6.02. The van der Waals surface area contributed by atoms with Gasteiger partial charge in [-0.2, -0.15) is 0 Å². The van der Waals surface area contributed by atoms with Crippen LogP contribution in [-0.2, 0) is 11.2 Å². The van der Waals surface area contributed by atoms with E-state index in [0.29, 0.717) is 19.1 Å². The molecule has 0 spiro atoms. The van der Waals surface area contributed by atoms with E-state index in [9.17, 15) is 5.11 Å². The Bertz CT molecular complexity index is 382. The first-order chi connectivity index (χ1) is 9.65. The number of nitrogens with two attached hydrogens (primary N) is 1. The molecule has 0 aromatic heterocycles. The lowest BCUT2D eigenvalue weighted by atomic mass is 9.89. The summed E-state index contributed by atoms with van der Waals surface area (Å²) in [6.45, 7) is 2.62. The molecule has 0 bridgehead atoms. The molecule has 1 aliphatic carbocycles. The lowest BCUT2D eigenvalue weighted by molar-refractivity contribution is -0.0379. The Balaban J connectivity index is 1.72. The van der Waals surface area contributed by atoms with E-state index in [-0.39, 0.29) is 6.04 Å². The molecule has 2 rings (SSSR count). The number of ether oxygens (including phenoxy) is 1. The highest BCUT2D eigenvalue weighted by molar-refractivity contribution is 5.16. The summed E-state index contributed by atoms with van der Waals surface area (Å²) in [6.07, 6.45) is 5.16. The molecule has 1 aliphatic rings. The number of benzene rings is 1. The fourth-order valence-electron chi connectivity index (χ4n) is 2.91. The van der Waals surface area contributed by atoms with Crippen LogP contribution in [0.3, 0.4) is 0 Å². The van der Waals surface area contributed by atoms with Crippen molar-refractivity contribution < 1.29 is 9.84 Å². The molecule has 0 amide bonds. The molecule has 0 aliphatic heterocycles. The van der Waals surface area contributed by atoms with Crippen molar-refractivity contribution in [2.24, 2.45) is 11.7 Å². The molecular formula is C17H27NO2. The van der Waals surface area contributed by atoms with E-state index >= 15 is 0 Å². The zero-order chi connectivity index (χ0) is 14.4. The summed E-state index contributed by atoms with van der Waals surface area (Å²) in [7, 11) is 0. The van der Waals surface area contributed by atoms with Gasteiger partial charge in [0.15, 0.2) is 0 Å². The second-order valence-electron chi connectivity index (χ2n) is 6.15. The molecule has 3 heteroatoms. The number of aliphatic hydroxyl groups excluding tert-OH is 1. The maximum atomic E-state index is 10.1. The van der Waals surface area contributed by atoms with Crippen molar-refractivity contribution >= 4 is 0 Å². The normalized spacial score (nSPS) is 26.1. The number of hydrogen-bond donors (Lipinski definition) is 2. The van der Waals surface area contributed by atoms with Crippen molar-refractivity contribution in [2.45, 2.75) is 57.3 Å². The van der Waals surface area contributed by atoms with Gasteiger partial charge in [0, 0.05) is 6.04 Å². The molecule has 3 N–H and O–H groups in total. The average molecular weight is 277 g/mol. The van der Waals surface area contributed by atoms with E-state index < -0.39 is 6.10 Å². The molecule has 0 radical (unpaired) electrons. The van der Waals surface area contributed by atoms with Crippen molar-refractivity contribution in [1.29, 1.82) is 0 Å². The summed E-state index contributed by atoms with van der Waals surface area (Å²) < 4.78 is 5.84. The molecule has 0 saturated heterocycles. The Morgan fingerprint density at radius 2 is 2.05 bits per heavy atom. The first-order valence-corrected chi connectivity index (χ1v) is 7.74. The third-order valence-corrected chi connectivity index (χ3v) is 4.20. The summed E-state index contributed by atoms with van der Waals surface area (Å²) in [5, 5.41) is 10.1. The second kappa shape index (κ2) is 7.77. The van der Waals surface area contributed by atoms with Crippen LogP contribution in [0, 0.1) is 5.92 Å². The SMILES string of the molecule is CC1CCCC(OCC(O)C(N)Cc2ccccc2)C1. The first-order valence-electron chi connectivity index (χ1n) is 7.74. The summed E-state index contributed by atoms with van der Waals surface area (Å²) in [6, 6.07) is 9.78. The average Bonchev–Trinajstić information content (AvgIpc) is 2.46. The predicted molar refractivity (Wildman–Crippen MR) is 81.5 cm³/mol. The minimum absolute atomic E-state index is 0.265. The lowest BCUT2D eigenvalue weighted by Crippen LogP contribution is -2.40. The lowest BCUT2D eigenvalue weighted by Gasteiger charge is -2.28. The largest absolute Gasteiger partial charge is 0.389 e. The molecule has 4 unspecified atom stereocenters. The number of hydrogen-bond acceptors (Lipinski definition) is 3. The van der Waals surface area contributed by atoms with Gasteiger partial charge in [0.05, 0.1) is 18.8 Å². The molecule has 3 nitrogen and oxygen atoms in total. The maximum Gasteiger partial charge on any atom is 0.0927 e. The highest BCUT2D eigenvalue weighted by atomic mass is 16.5. The zero-order valence-electron chi connectivity index (χ0n) is 12.4. The monoisotopic (exact) mass is 277 g/mol. The number of aliphatic hydroxyl groups is 1. The highest BCUT2D eigenvalue weighted by Crippen LogP contribution is 2.25. The summed E-state index contributed by atoms with van der Waals surface area (Å²) in [5.41, 5.74) is 7.22. The molecule has 1 aromatic rings. The maximum absolute atomic E-state index is 10.1. The van der Waals surface area contributed by atoms with Crippen LogP contribution >= 0.6 is 0 Å². The highest BCUT2D eigenvalue weighted by Gasteiger charge is 2.22. The molecule has 20 heavy (non-hydrogen) atoms. The zero-order valence-corrected chi connectivity index (χ0v) is 12.4. The van der Waals surface area contributed by atoms with Gasteiger partial charge in [-0.3, -0.25) is 0 Å². The van der Waals surface area contributed by atoms with Crippen molar-refractivity contribution in [3.8, 4) is 0 Å². The smallest absolute Gasteiger partial charge is 0.0927 e.